The largest absolute Gasteiger partial charge is 0.494 e. The van der Waals surface area contributed by atoms with Gasteiger partial charge in [0.2, 0.25) is 5.91 Å². The second kappa shape index (κ2) is 5.66. The van der Waals surface area contributed by atoms with Crippen LogP contribution in [0.4, 0.5) is 5.13 Å². The number of ether oxygens (including phenoxy) is 1. The molecule has 0 aliphatic carbocycles. The van der Waals surface area contributed by atoms with Crippen molar-refractivity contribution in [2.75, 3.05) is 18.5 Å². The van der Waals surface area contributed by atoms with Crippen molar-refractivity contribution in [3.8, 4) is 5.75 Å². The van der Waals surface area contributed by atoms with Crippen LogP contribution in [0.5, 0.6) is 5.75 Å². The van der Waals surface area contributed by atoms with E-state index in [0.717, 1.165) is 40.5 Å². The highest BCUT2D eigenvalue weighted by atomic mass is 32.1. The first-order valence-corrected chi connectivity index (χ1v) is 7.65. The van der Waals surface area contributed by atoms with Gasteiger partial charge in [-0.25, -0.2) is 4.98 Å². The van der Waals surface area contributed by atoms with Gasteiger partial charge in [-0.2, -0.15) is 0 Å². The van der Waals surface area contributed by atoms with Crippen LogP contribution in [0, 0.1) is 0 Å². The van der Waals surface area contributed by atoms with Crippen molar-refractivity contribution in [2.24, 2.45) is 0 Å². The first-order valence-electron chi connectivity index (χ1n) is 6.84. The molecule has 1 amide bonds. The van der Waals surface area contributed by atoms with E-state index in [-0.39, 0.29) is 11.9 Å². The Morgan fingerprint density at radius 1 is 1.55 bits per heavy atom. The van der Waals surface area contributed by atoms with E-state index in [1.54, 1.807) is 11.3 Å². The molecule has 2 N–H and O–H groups in total. The molecule has 1 aromatic carbocycles. The third-order valence-corrected chi connectivity index (χ3v) is 4.20. The zero-order chi connectivity index (χ0) is 13.9. The minimum Gasteiger partial charge on any atom is -0.494 e. The summed E-state index contributed by atoms with van der Waals surface area (Å²) in [5, 5.41) is 6.88. The molecule has 0 saturated carbocycles. The summed E-state index contributed by atoms with van der Waals surface area (Å²) in [6.07, 6.45) is 1.86. The monoisotopic (exact) mass is 291 g/mol. The van der Waals surface area contributed by atoms with Crippen LogP contribution < -0.4 is 15.4 Å². The van der Waals surface area contributed by atoms with Crippen LogP contribution in [0.1, 0.15) is 19.8 Å². The van der Waals surface area contributed by atoms with E-state index in [4.69, 9.17) is 4.74 Å². The van der Waals surface area contributed by atoms with Gasteiger partial charge in [-0.15, -0.1) is 0 Å². The van der Waals surface area contributed by atoms with Crippen LogP contribution >= 0.6 is 11.3 Å². The smallest absolute Gasteiger partial charge is 0.242 e. The molecule has 20 heavy (non-hydrogen) atoms. The Kier molecular flexibility index (Phi) is 3.73. The highest BCUT2D eigenvalue weighted by Gasteiger charge is 2.22. The van der Waals surface area contributed by atoms with E-state index in [0.29, 0.717) is 6.61 Å². The molecule has 1 fully saturated rings. The van der Waals surface area contributed by atoms with E-state index in [9.17, 15) is 4.79 Å². The maximum atomic E-state index is 11.7. The molecule has 6 heteroatoms. The lowest BCUT2D eigenvalue weighted by Crippen LogP contribution is -2.44. The standard InChI is InChI=1S/C14H17N3O2S/c1-2-19-9-5-6-10-12(8-9)20-14(16-10)17-11-4-3-7-15-13(11)18/h5-6,8,11H,2-4,7H2,1H3,(H,15,18)(H,16,17). The number of hydrogen-bond donors (Lipinski definition) is 2. The molecular formula is C14H17N3O2S. The number of piperidine rings is 1. The number of nitrogens with one attached hydrogen (secondary N) is 2. The highest BCUT2D eigenvalue weighted by molar-refractivity contribution is 7.22. The molecule has 2 aromatic rings. The first kappa shape index (κ1) is 13.2. The number of aromatic nitrogens is 1. The van der Waals surface area contributed by atoms with Gasteiger partial charge >= 0.3 is 0 Å². The average molecular weight is 291 g/mol. The fourth-order valence-electron chi connectivity index (χ4n) is 2.28. The third kappa shape index (κ3) is 2.70. The van der Waals surface area contributed by atoms with Gasteiger partial charge < -0.3 is 15.4 Å². The first-order chi connectivity index (χ1) is 9.76. The summed E-state index contributed by atoms with van der Waals surface area (Å²) >= 11 is 1.55. The maximum Gasteiger partial charge on any atom is 0.242 e. The lowest BCUT2D eigenvalue weighted by atomic mass is 10.1. The summed E-state index contributed by atoms with van der Waals surface area (Å²) in [5.74, 6) is 0.913. The number of carbonyl (C=O) groups is 1. The van der Waals surface area contributed by atoms with Gasteiger partial charge in [0.15, 0.2) is 5.13 Å². The highest BCUT2D eigenvalue weighted by Crippen LogP contribution is 2.30. The molecule has 1 atom stereocenters. The van der Waals surface area contributed by atoms with Crippen LogP contribution in [0.3, 0.4) is 0 Å². The predicted octanol–water partition coefficient (Wildman–Crippen LogP) is 2.39. The Hall–Kier alpha value is -1.82. The maximum absolute atomic E-state index is 11.7. The van der Waals surface area contributed by atoms with Crippen LogP contribution in [-0.2, 0) is 4.79 Å². The summed E-state index contributed by atoms with van der Waals surface area (Å²) in [6, 6.07) is 5.68. The Bertz CT molecular complexity index is 626. The molecule has 1 saturated heterocycles. The Morgan fingerprint density at radius 2 is 2.45 bits per heavy atom. The molecule has 0 radical (unpaired) electrons. The molecular weight excluding hydrogens is 274 g/mol. The number of thiazole rings is 1. The minimum atomic E-state index is -0.171. The van der Waals surface area contributed by atoms with E-state index in [2.05, 4.69) is 15.6 Å². The number of fused-ring (bicyclic) bond motifs is 1. The summed E-state index contributed by atoms with van der Waals surface area (Å²) < 4.78 is 6.55. The molecule has 2 heterocycles. The van der Waals surface area contributed by atoms with Crippen molar-refractivity contribution in [3.63, 3.8) is 0 Å². The number of nitrogens with zero attached hydrogens (tertiary/aromatic N) is 1. The van der Waals surface area contributed by atoms with Crippen LogP contribution in [0.2, 0.25) is 0 Å². The second-order valence-electron chi connectivity index (χ2n) is 4.71. The van der Waals surface area contributed by atoms with E-state index < -0.39 is 0 Å². The van der Waals surface area contributed by atoms with Crippen molar-refractivity contribution in [2.45, 2.75) is 25.8 Å². The molecule has 3 rings (SSSR count). The van der Waals surface area contributed by atoms with Gasteiger partial charge in [-0.1, -0.05) is 11.3 Å². The van der Waals surface area contributed by atoms with Crippen molar-refractivity contribution >= 4 is 32.6 Å². The molecule has 1 aromatic heterocycles. The summed E-state index contributed by atoms with van der Waals surface area (Å²) in [4.78, 5) is 16.3. The van der Waals surface area contributed by atoms with E-state index in [1.165, 1.54) is 0 Å². The Labute approximate surface area is 121 Å². The number of benzene rings is 1. The van der Waals surface area contributed by atoms with Crippen LogP contribution in [0.25, 0.3) is 10.2 Å². The van der Waals surface area contributed by atoms with Gasteiger partial charge in [0.25, 0.3) is 0 Å². The average Bonchev–Trinajstić information content (AvgIpc) is 2.83. The normalized spacial score (nSPS) is 18.9. The fourth-order valence-corrected chi connectivity index (χ4v) is 3.23. The van der Waals surface area contributed by atoms with Crippen molar-refractivity contribution in [1.29, 1.82) is 0 Å². The van der Waals surface area contributed by atoms with E-state index in [1.807, 2.05) is 25.1 Å². The van der Waals surface area contributed by atoms with Crippen molar-refractivity contribution < 1.29 is 9.53 Å². The third-order valence-electron chi connectivity index (χ3n) is 3.25. The molecule has 5 nitrogen and oxygen atoms in total. The number of rotatable bonds is 4. The topological polar surface area (TPSA) is 63.2 Å². The van der Waals surface area contributed by atoms with Gasteiger partial charge in [-0.3, -0.25) is 4.79 Å². The SMILES string of the molecule is CCOc1ccc2nc(NC3CCCNC3=O)sc2c1. The fraction of sp³-hybridized carbons (Fsp3) is 0.429. The zero-order valence-corrected chi connectivity index (χ0v) is 12.1. The Balaban J connectivity index is 1.79. The minimum absolute atomic E-state index is 0.0607. The summed E-state index contributed by atoms with van der Waals surface area (Å²) in [6.45, 7) is 3.39. The molecule has 1 aliphatic heterocycles. The Morgan fingerprint density at radius 3 is 3.25 bits per heavy atom. The van der Waals surface area contributed by atoms with Crippen LogP contribution in [0.15, 0.2) is 18.2 Å². The molecule has 0 bridgehead atoms. The van der Waals surface area contributed by atoms with Crippen molar-refractivity contribution in [3.05, 3.63) is 18.2 Å². The van der Waals surface area contributed by atoms with Gasteiger partial charge in [0.1, 0.15) is 11.8 Å². The molecule has 0 spiro atoms. The second-order valence-corrected chi connectivity index (χ2v) is 5.74. The van der Waals surface area contributed by atoms with E-state index >= 15 is 0 Å². The zero-order valence-electron chi connectivity index (χ0n) is 11.3. The summed E-state index contributed by atoms with van der Waals surface area (Å²) in [7, 11) is 0. The quantitative estimate of drug-likeness (QED) is 0.908. The van der Waals surface area contributed by atoms with Crippen LogP contribution in [-0.4, -0.2) is 30.1 Å². The summed E-state index contributed by atoms with van der Waals surface area (Å²) in [5.41, 5.74) is 0.928. The number of anilines is 1. The lowest BCUT2D eigenvalue weighted by Gasteiger charge is -2.22. The number of amides is 1. The van der Waals surface area contributed by atoms with Crippen molar-refractivity contribution in [1.82, 2.24) is 10.3 Å². The number of hydrogen-bond acceptors (Lipinski definition) is 5. The lowest BCUT2D eigenvalue weighted by molar-refractivity contribution is -0.123. The van der Waals surface area contributed by atoms with Gasteiger partial charge in [0.05, 0.1) is 16.8 Å². The molecule has 1 aliphatic rings. The molecule has 106 valence electrons. The predicted molar refractivity (Wildman–Crippen MR) is 80.4 cm³/mol. The number of carbonyl (C=O) groups excluding carboxylic acids is 1. The molecule has 1 unspecified atom stereocenters. The van der Waals surface area contributed by atoms with Gasteiger partial charge in [-0.05, 0) is 38.0 Å². The van der Waals surface area contributed by atoms with Gasteiger partial charge in [0, 0.05) is 6.54 Å².